The summed E-state index contributed by atoms with van der Waals surface area (Å²) in [7, 11) is -0.707. The molecule has 1 saturated heterocycles. The van der Waals surface area contributed by atoms with Crippen LogP contribution in [0.5, 0.6) is 5.75 Å². The Morgan fingerprint density at radius 1 is 1.43 bits per heavy atom. The molecular weight excluding hydrogens is 292 g/mol. The van der Waals surface area contributed by atoms with E-state index in [0.717, 1.165) is 0 Å². The molecule has 7 heteroatoms. The van der Waals surface area contributed by atoms with Crippen LogP contribution in [-0.4, -0.2) is 45.4 Å². The van der Waals surface area contributed by atoms with Crippen LogP contribution in [0.25, 0.3) is 0 Å². The Kier molecular flexibility index (Phi) is 4.53. The highest BCUT2D eigenvalue weighted by atomic mass is 32.2. The number of rotatable bonds is 4. The number of nitrogens with zero attached hydrogens (tertiary/aromatic N) is 1. The number of hydrogen-bond acceptors (Lipinski definition) is 4. The predicted octanol–water partition coefficient (Wildman–Crippen LogP) is 0.903. The van der Waals surface area contributed by atoms with Gasteiger partial charge in [0.05, 0.1) is 12.0 Å². The summed E-state index contributed by atoms with van der Waals surface area (Å²) in [6.07, 6.45) is 1.22. The molecule has 1 aliphatic rings. The second kappa shape index (κ2) is 6.03. The summed E-state index contributed by atoms with van der Waals surface area (Å²) in [6.45, 7) is 2.09. The fourth-order valence-electron chi connectivity index (χ4n) is 2.57. The molecule has 1 heterocycles. The summed E-state index contributed by atoms with van der Waals surface area (Å²) < 4.78 is 32.1. The topological polar surface area (TPSA) is 75.7 Å². The molecule has 21 heavy (non-hydrogen) atoms. The van der Waals surface area contributed by atoms with Crippen molar-refractivity contribution in [1.29, 1.82) is 0 Å². The summed E-state index contributed by atoms with van der Waals surface area (Å²) in [6, 6.07) is 4.29. The Morgan fingerprint density at radius 3 is 2.76 bits per heavy atom. The summed E-state index contributed by atoms with van der Waals surface area (Å²) in [5, 5.41) is 2.53. The van der Waals surface area contributed by atoms with Crippen molar-refractivity contribution in [3.05, 3.63) is 23.8 Å². The average molecular weight is 312 g/mol. The largest absolute Gasteiger partial charge is 0.497 e. The highest BCUT2D eigenvalue weighted by Gasteiger charge is 2.39. The number of amides is 1. The quantitative estimate of drug-likeness (QED) is 0.896. The van der Waals surface area contributed by atoms with Crippen LogP contribution in [0.4, 0.5) is 0 Å². The molecule has 1 atom stereocenters. The van der Waals surface area contributed by atoms with Gasteiger partial charge in [0.15, 0.2) is 0 Å². The van der Waals surface area contributed by atoms with Gasteiger partial charge in [0.1, 0.15) is 11.8 Å². The molecule has 1 amide bonds. The summed E-state index contributed by atoms with van der Waals surface area (Å²) >= 11 is 0. The lowest BCUT2D eigenvalue weighted by molar-refractivity contribution is -0.123. The van der Waals surface area contributed by atoms with E-state index in [1.165, 1.54) is 24.5 Å². The van der Waals surface area contributed by atoms with E-state index in [0.29, 0.717) is 30.7 Å². The van der Waals surface area contributed by atoms with Crippen molar-refractivity contribution in [2.45, 2.75) is 30.7 Å². The van der Waals surface area contributed by atoms with Crippen LogP contribution >= 0.6 is 0 Å². The van der Waals surface area contributed by atoms with E-state index in [1.54, 1.807) is 19.1 Å². The zero-order chi connectivity index (χ0) is 15.6. The Balaban J connectivity index is 2.44. The molecule has 1 aromatic carbocycles. The van der Waals surface area contributed by atoms with Crippen LogP contribution in [-0.2, 0) is 14.8 Å². The first-order valence-electron chi connectivity index (χ1n) is 6.80. The third kappa shape index (κ3) is 2.89. The van der Waals surface area contributed by atoms with E-state index in [9.17, 15) is 13.2 Å². The smallest absolute Gasteiger partial charge is 0.244 e. The minimum atomic E-state index is -3.71. The minimum absolute atomic E-state index is 0.192. The van der Waals surface area contributed by atoms with Gasteiger partial charge < -0.3 is 10.1 Å². The predicted molar refractivity (Wildman–Crippen MR) is 78.7 cm³/mol. The monoisotopic (exact) mass is 312 g/mol. The lowest BCUT2D eigenvalue weighted by atomic mass is 10.2. The van der Waals surface area contributed by atoms with Crippen molar-refractivity contribution >= 4 is 15.9 Å². The second-order valence-corrected chi connectivity index (χ2v) is 6.88. The fraction of sp³-hybridized carbons (Fsp3) is 0.500. The zero-order valence-electron chi connectivity index (χ0n) is 12.4. The van der Waals surface area contributed by atoms with Gasteiger partial charge in [-0.3, -0.25) is 4.79 Å². The molecule has 1 N–H and O–H groups in total. The van der Waals surface area contributed by atoms with Gasteiger partial charge in [0.25, 0.3) is 0 Å². The zero-order valence-corrected chi connectivity index (χ0v) is 13.2. The van der Waals surface area contributed by atoms with Crippen LogP contribution in [0.1, 0.15) is 18.4 Å². The molecule has 0 aliphatic carbocycles. The van der Waals surface area contributed by atoms with E-state index in [2.05, 4.69) is 5.32 Å². The highest BCUT2D eigenvalue weighted by molar-refractivity contribution is 7.89. The summed E-state index contributed by atoms with van der Waals surface area (Å²) in [5.74, 6) is 0.214. The second-order valence-electron chi connectivity index (χ2n) is 5.02. The standard InChI is InChI=1S/C14H20N2O4S/c1-10-6-7-11(20-3)9-13(10)21(18,19)16-8-4-5-12(16)14(17)15-2/h6-7,9,12H,4-5,8H2,1-3H3,(H,15,17)/t12-/m1/s1. The number of likely N-dealkylation sites (N-methyl/N-ethyl adjacent to an activating group) is 1. The van der Waals surface area contributed by atoms with Crippen molar-refractivity contribution in [1.82, 2.24) is 9.62 Å². The molecule has 0 unspecified atom stereocenters. The molecule has 0 saturated carbocycles. The van der Waals surface area contributed by atoms with Crippen LogP contribution in [0.2, 0.25) is 0 Å². The number of methoxy groups -OCH3 is 1. The third-order valence-electron chi connectivity index (χ3n) is 3.73. The number of ether oxygens (including phenoxy) is 1. The molecule has 1 aliphatic heterocycles. The molecule has 1 aromatic rings. The number of carbonyl (C=O) groups excluding carboxylic acids is 1. The summed E-state index contributed by atoms with van der Waals surface area (Å²) in [5.41, 5.74) is 0.637. The molecule has 0 spiro atoms. The Bertz CT molecular complexity index is 642. The fourth-order valence-corrected chi connectivity index (χ4v) is 4.47. The first-order chi connectivity index (χ1) is 9.91. The Labute approximate surface area is 125 Å². The van der Waals surface area contributed by atoms with Crippen molar-refractivity contribution in [3.8, 4) is 5.75 Å². The van der Waals surface area contributed by atoms with Gasteiger partial charge >= 0.3 is 0 Å². The maximum atomic E-state index is 12.8. The van der Waals surface area contributed by atoms with E-state index in [-0.39, 0.29) is 10.8 Å². The number of nitrogens with one attached hydrogen (secondary N) is 1. The average Bonchev–Trinajstić information content (AvgIpc) is 2.97. The van der Waals surface area contributed by atoms with E-state index < -0.39 is 16.1 Å². The molecule has 116 valence electrons. The van der Waals surface area contributed by atoms with E-state index >= 15 is 0 Å². The van der Waals surface area contributed by atoms with Gasteiger partial charge in [-0.25, -0.2) is 8.42 Å². The van der Waals surface area contributed by atoms with Gasteiger partial charge in [-0.05, 0) is 31.4 Å². The summed E-state index contributed by atoms with van der Waals surface area (Å²) in [4.78, 5) is 12.1. The van der Waals surface area contributed by atoms with Crippen molar-refractivity contribution in [2.75, 3.05) is 20.7 Å². The van der Waals surface area contributed by atoms with Crippen molar-refractivity contribution in [3.63, 3.8) is 0 Å². The maximum absolute atomic E-state index is 12.8. The molecule has 0 radical (unpaired) electrons. The van der Waals surface area contributed by atoms with Gasteiger partial charge in [-0.2, -0.15) is 4.31 Å². The van der Waals surface area contributed by atoms with Crippen molar-refractivity contribution in [2.24, 2.45) is 0 Å². The number of hydrogen-bond donors (Lipinski definition) is 1. The highest BCUT2D eigenvalue weighted by Crippen LogP contribution is 2.30. The Morgan fingerprint density at radius 2 is 2.14 bits per heavy atom. The third-order valence-corrected chi connectivity index (χ3v) is 5.78. The number of benzene rings is 1. The maximum Gasteiger partial charge on any atom is 0.244 e. The van der Waals surface area contributed by atoms with Gasteiger partial charge in [-0.15, -0.1) is 0 Å². The van der Waals surface area contributed by atoms with Gasteiger partial charge in [-0.1, -0.05) is 6.07 Å². The van der Waals surface area contributed by atoms with Gasteiger partial charge in [0, 0.05) is 19.7 Å². The van der Waals surface area contributed by atoms with Crippen molar-refractivity contribution < 1.29 is 17.9 Å². The normalized spacial score (nSPS) is 19.5. The molecule has 6 nitrogen and oxygen atoms in total. The van der Waals surface area contributed by atoms with Crippen LogP contribution in [0, 0.1) is 6.92 Å². The molecule has 1 fully saturated rings. The first kappa shape index (κ1) is 15.8. The van der Waals surface area contributed by atoms with Crippen LogP contribution in [0.3, 0.4) is 0 Å². The van der Waals surface area contributed by atoms with E-state index in [1.807, 2.05) is 0 Å². The van der Waals surface area contributed by atoms with Crippen LogP contribution in [0.15, 0.2) is 23.1 Å². The SMILES string of the molecule is CNC(=O)[C@H]1CCCN1S(=O)(=O)c1cc(OC)ccc1C. The first-order valence-corrected chi connectivity index (χ1v) is 8.24. The van der Waals surface area contributed by atoms with Gasteiger partial charge in [0.2, 0.25) is 15.9 Å². The van der Waals surface area contributed by atoms with E-state index in [4.69, 9.17) is 4.74 Å². The lowest BCUT2D eigenvalue weighted by Crippen LogP contribution is -2.44. The number of carbonyl (C=O) groups is 1. The molecule has 2 rings (SSSR count). The Hall–Kier alpha value is -1.60. The lowest BCUT2D eigenvalue weighted by Gasteiger charge is -2.23. The molecule has 0 bridgehead atoms. The number of sulfonamides is 1. The molecular formula is C14H20N2O4S. The molecule has 0 aromatic heterocycles. The minimum Gasteiger partial charge on any atom is -0.497 e. The number of aryl methyl sites for hydroxylation is 1. The van der Waals surface area contributed by atoms with Crippen LogP contribution < -0.4 is 10.1 Å².